The Balaban J connectivity index is 0.00000288. The number of rotatable bonds is 8. The van der Waals surface area contributed by atoms with E-state index in [0.29, 0.717) is 19.0 Å². The average Bonchev–Trinajstić information content (AvgIpc) is 2.56. The minimum atomic E-state index is -0.486. The molecule has 24 heavy (non-hydrogen) atoms. The maximum Gasteiger partial charge on any atom is 0.341 e. The SMILES string of the molecule is CCCCOc1ccc(C(=O)OCCN2CCCCC2)c(O)c1.Cl. The van der Waals surface area contributed by atoms with E-state index >= 15 is 0 Å². The van der Waals surface area contributed by atoms with E-state index in [2.05, 4.69) is 11.8 Å². The summed E-state index contributed by atoms with van der Waals surface area (Å²) in [7, 11) is 0. The van der Waals surface area contributed by atoms with E-state index in [1.807, 2.05) is 0 Å². The number of piperidine rings is 1. The molecule has 136 valence electrons. The zero-order valence-electron chi connectivity index (χ0n) is 14.3. The molecule has 0 atom stereocenters. The number of aromatic hydroxyl groups is 1. The normalized spacial score (nSPS) is 14.7. The molecule has 1 aliphatic heterocycles. The number of carbonyl (C=O) groups excluding carboxylic acids is 1. The quantitative estimate of drug-likeness (QED) is 0.568. The van der Waals surface area contributed by atoms with Crippen molar-refractivity contribution >= 4 is 18.4 Å². The molecule has 0 amide bonds. The van der Waals surface area contributed by atoms with Crippen molar-refractivity contribution in [2.75, 3.05) is 32.8 Å². The molecular weight excluding hydrogens is 330 g/mol. The van der Waals surface area contributed by atoms with E-state index in [1.165, 1.54) is 25.3 Å². The Bertz CT molecular complexity index is 504. The number of halogens is 1. The molecule has 0 bridgehead atoms. The van der Waals surface area contributed by atoms with Crippen molar-refractivity contribution in [3.8, 4) is 11.5 Å². The molecule has 1 aromatic carbocycles. The number of esters is 1. The standard InChI is InChI=1S/C18H27NO4.ClH/c1-2-3-12-22-15-7-8-16(17(20)14-15)18(21)23-13-11-19-9-5-4-6-10-19;/h7-8,14,20H,2-6,9-13H2,1H3;1H. The highest BCUT2D eigenvalue weighted by atomic mass is 35.5. The zero-order valence-corrected chi connectivity index (χ0v) is 15.1. The summed E-state index contributed by atoms with van der Waals surface area (Å²) in [5.74, 6) is -0.0117. The van der Waals surface area contributed by atoms with Gasteiger partial charge in [-0.15, -0.1) is 12.4 Å². The van der Waals surface area contributed by atoms with E-state index in [0.717, 1.165) is 32.5 Å². The summed E-state index contributed by atoms with van der Waals surface area (Å²) >= 11 is 0. The van der Waals surface area contributed by atoms with Crippen LogP contribution in [-0.4, -0.2) is 48.8 Å². The van der Waals surface area contributed by atoms with E-state index < -0.39 is 5.97 Å². The molecule has 0 radical (unpaired) electrons. The first-order valence-corrected chi connectivity index (χ1v) is 8.56. The number of phenols is 1. The predicted octanol–water partition coefficient (Wildman–Crippen LogP) is 3.64. The molecule has 1 heterocycles. The number of hydrogen-bond acceptors (Lipinski definition) is 5. The van der Waals surface area contributed by atoms with Crippen molar-refractivity contribution in [1.82, 2.24) is 4.90 Å². The van der Waals surface area contributed by atoms with Gasteiger partial charge in [-0.1, -0.05) is 19.8 Å². The Morgan fingerprint density at radius 1 is 1.21 bits per heavy atom. The van der Waals surface area contributed by atoms with Gasteiger partial charge in [0, 0.05) is 12.6 Å². The van der Waals surface area contributed by atoms with E-state index in [-0.39, 0.29) is 23.7 Å². The minimum absolute atomic E-state index is 0. The van der Waals surface area contributed by atoms with Gasteiger partial charge in [-0.3, -0.25) is 4.90 Å². The fourth-order valence-corrected chi connectivity index (χ4v) is 2.64. The summed E-state index contributed by atoms with van der Waals surface area (Å²) in [6, 6.07) is 4.72. The van der Waals surface area contributed by atoms with Crippen LogP contribution >= 0.6 is 12.4 Å². The van der Waals surface area contributed by atoms with Crippen LogP contribution in [0.25, 0.3) is 0 Å². The van der Waals surface area contributed by atoms with Gasteiger partial charge in [0.15, 0.2) is 0 Å². The summed E-state index contributed by atoms with van der Waals surface area (Å²) in [6.45, 7) is 5.95. The Hall–Kier alpha value is -1.46. The fourth-order valence-electron chi connectivity index (χ4n) is 2.64. The van der Waals surface area contributed by atoms with Gasteiger partial charge in [-0.2, -0.15) is 0 Å². The molecule has 1 aromatic rings. The van der Waals surface area contributed by atoms with Crippen LogP contribution in [-0.2, 0) is 4.74 Å². The molecule has 1 saturated heterocycles. The molecule has 0 spiro atoms. The molecule has 2 rings (SSSR count). The number of ether oxygens (including phenoxy) is 2. The topological polar surface area (TPSA) is 59.0 Å². The average molecular weight is 358 g/mol. The van der Waals surface area contributed by atoms with Gasteiger partial charge in [-0.25, -0.2) is 4.79 Å². The highest BCUT2D eigenvalue weighted by Crippen LogP contribution is 2.24. The summed E-state index contributed by atoms with van der Waals surface area (Å²) in [6.07, 6.45) is 5.73. The summed E-state index contributed by atoms with van der Waals surface area (Å²) in [5, 5.41) is 9.98. The van der Waals surface area contributed by atoms with E-state index in [1.54, 1.807) is 12.1 Å². The van der Waals surface area contributed by atoms with Gasteiger partial charge in [-0.05, 0) is 44.5 Å². The second-order valence-corrected chi connectivity index (χ2v) is 5.92. The van der Waals surface area contributed by atoms with Gasteiger partial charge < -0.3 is 14.6 Å². The Morgan fingerprint density at radius 3 is 2.62 bits per heavy atom. The smallest absolute Gasteiger partial charge is 0.341 e. The molecular formula is C18H28ClNO4. The third kappa shape index (κ3) is 6.57. The van der Waals surface area contributed by atoms with Crippen LogP contribution in [0.2, 0.25) is 0 Å². The van der Waals surface area contributed by atoms with Crippen LogP contribution in [0.15, 0.2) is 18.2 Å². The van der Waals surface area contributed by atoms with Crippen LogP contribution in [0.4, 0.5) is 0 Å². The number of benzene rings is 1. The maximum absolute atomic E-state index is 12.0. The lowest BCUT2D eigenvalue weighted by Crippen LogP contribution is -2.33. The molecule has 1 N–H and O–H groups in total. The van der Waals surface area contributed by atoms with Crippen LogP contribution < -0.4 is 4.74 Å². The van der Waals surface area contributed by atoms with Crippen LogP contribution in [0.5, 0.6) is 11.5 Å². The molecule has 0 unspecified atom stereocenters. The number of unbranched alkanes of at least 4 members (excludes halogenated alkanes) is 1. The molecule has 6 heteroatoms. The molecule has 0 saturated carbocycles. The largest absolute Gasteiger partial charge is 0.507 e. The molecule has 0 aliphatic carbocycles. The summed E-state index contributed by atoms with van der Waals surface area (Å²) in [4.78, 5) is 14.3. The Labute approximate surface area is 150 Å². The van der Waals surface area contributed by atoms with E-state index in [4.69, 9.17) is 9.47 Å². The fraction of sp³-hybridized carbons (Fsp3) is 0.611. The van der Waals surface area contributed by atoms with Crippen molar-refractivity contribution in [3.63, 3.8) is 0 Å². The first-order valence-electron chi connectivity index (χ1n) is 8.56. The predicted molar refractivity (Wildman–Crippen MR) is 96.3 cm³/mol. The lowest BCUT2D eigenvalue weighted by molar-refractivity contribution is 0.0449. The third-order valence-electron chi connectivity index (χ3n) is 4.05. The first kappa shape index (κ1) is 20.6. The first-order chi connectivity index (χ1) is 11.2. The lowest BCUT2D eigenvalue weighted by atomic mass is 10.1. The summed E-state index contributed by atoms with van der Waals surface area (Å²) in [5.41, 5.74) is 0.187. The van der Waals surface area contributed by atoms with Crippen molar-refractivity contribution in [2.45, 2.75) is 39.0 Å². The number of likely N-dealkylation sites (tertiary alicyclic amines) is 1. The number of nitrogens with zero attached hydrogens (tertiary/aromatic N) is 1. The highest BCUT2D eigenvalue weighted by molar-refractivity contribution is 5.92. The van der Waals surface area contributed by atoms with Gasteiger partial charge in [0.2, 0.25) is 0 Å². The third-order valence-corrected chi connectivity index (χ3v) is 4.05. The number of carbonyl (C=O) groups is 1. The van der Waals surface area contributed by atoms with Gasteiger partial charge in [0.25, 0.3) is 0 Å². The van der Waals surface area contributed by atoms with Crippen molar-refractivity contribution in [2.24, 2.45) is 0 Å². The summed E-state index contributed by atoms with van der Waals surface area (Å²) < 4.78 is 10.8. The van der Waals surface area contributed by atoms with Crippen LogP contribution in [0.1, 0.15) is 49.4 Å². The van der Waals surface area contributed by atoms with E-state index in [9.17, 15) is 9.90 Å². The van der Waals surface area contributed by atoms with Crippen LogP contribution in [0, 0.1) is 0 Å². The Morgan fingerprint density at radius 2 is 1.96 bits per heavy atom. The zero-order chi connectivity index (χ0) is 16.5. The van der Waals surface area contributed by atoms with Crippen molar-refractivity contribution in [3.05, 3.63) is 23.8 Å². The highest BCUT2D eigenvalue weighted by Gasteiger charge is 2.15. The maximum atomic E-state index is 12.0. The van der Waals surface area contributed by atoms with Gasteiger partial charge in [0.05, 0.1) is 6.61 Å². The number of phenolic OH excluding ortho intramolecular Hbond substituents is 1. The second kappa shape index (κ2) is 11.2. The van der Waals surface area contributed by atoms with Crippen LogP contribution in [0.3, 0.4) is 0 Å². The number of hydrogen-bond donors (Lipinski definition) is 1. The molecule has 1 aliphatic rings. The van der Waals surface area contributed by atoms with Crippen molar-refractivity contribution in [1.29, 1.82) is 0 Å². The monoisotopic (exact) mass is 357 g/mol. The Kier molecular flexibility index (Phi) is 9.57. The van der Waals surface area contributed by atoms with Gasteiger partial charge in [0.1, 0.15) is 23.7 Å². The molecule has 5 nitrogen and oxygen atoms in total. The molecule has 0 aromatic heterocycles. The van der Waals surface area contributed by atoms with Gasteiger partial charge >= 0.3 is 5.97 Å². The second-order valence-electron chi connectivity index (χ2n) is 5.92. The lowest BCUT2D eigenvalue weighted by Gasteiger charge is -2.25. The molecule has 1 fully saturated rings. The minimum Gasteiger partial charge on any atom is -0.507 e. The van der Waals surface area contributed by atoms with Crippen molar-refractivity contribution < 1.29 is 19.4 Å².